The number of ketones is 1. The Kier molecular flexibility index (Phi) is 1.85. The van der Waals surface area contributed by atoms with E-state index in [0.29, 0.717) is 0 Å². The Bertz CT molecular complexity index is 457. The van der Waals surface area contributed by atoms with Gasteiger partial charge in [0.15, 0.2) is 5.78 Å². The zero-order valence-electron chi connectivity index (χ0n) is 7.37. The number of rotatable bonds is 1. The van der Waals surface area contributed by atoms with E-state index in [1.165, 1.54) is 0 Å². The highest BCUT2D eigenvalue weighted by molar-refractivity contribution is 5.98. The molecule has 0 saturated heterocycles. The topological polar surface area (TPSA) is 17.1 Å². The van der Waals surface area contributed by atoms with Crippen LogP contribution < -0.4 is 0 Å². The van der Waals surface area contributed by atoms with E-state index in [2.05, 4.69) is 6.07 Å². The number of hydrogen-bond acceptors (Lipinski definition) is 1. The molecular formula is C12H9O. The lowest BCUT2D eigenvalue weighted by atomic mass is 10.1. The Labute approximate surface area is 77.0 Å². The number of carbonyl (C=O) groups excluding carboxylic acids is 1. The van der Waals surface area contributed by atoms with E-state index >= 15 is 0 Å². The van der Waals surface area contributed by atoms with Crippen LogP contribution in [0.15, 0.2) is 36.4 Å². The summed E-state index contributed by atoms with van der Waals surface area (Å²) in [6.45, 7) is 1.58. The van der Waals surface area contributed by atoms with Crippen molar-refractivity contribution in [3.8, 4) is 0 Å². The minimum Gasteiger partial charge on any atom is -0.295 e. The largest absolute Gasteiger partial charge is 0.295 e. The summed E-state index contributed by atoms with van der Waals surface area (Å²) in [7, 11) is 0. The first kappa shape index (κ1) is 7.99. The molecule has 0 amide bonds. The number of carbonyl (C=O) groups is 1. The lowest BCUT2D eigenvalue weighted by Crippen LogP contribution is -1.90. The molecule has 0 heterocycles. The lowest BCUT2D eigenvalue weighted by Gasteiger charge is -1.98. The van der Waals surface area contributed by atoms with Crippen molar-refractivity contribution in [1.29, 1.82) is 0 Å². The van der Waals surface area contributed by atoms with Crippen LogP contribution in [-0.2, 0) is 0 Å². The third-order valence-corrected chi connectivity index (χ3v) is 2.09. The predicted molar refractivity (Wildman–Crippen MR) is 52.8 cm³/mol. The molecule has 0 N–H and O–H groups in total. The molecule has 13 heavy (non-hydrogen) atoms. The highest BCUT2D eigenvalue weighted by atomic mass is 16.1. The molecule has 0 aliphatic rings. The molecule has 0 saturated carbocycles. The van der Waals surface area contributed by atoms with Gasteiger partial charge in [-0.2, -0.15) is 0 Å². The monoisotopic (exact) mass is 169 g/mol. The second-order valence-corrected chi connectivity index (χ2v) is 3.04. The first-order chi connectivity index (χ1) is 6.27. The molecule has 1 nitrogen and oxygen atoms in total. The van der Waals surface area contributed by atoms with Gasteiger partial charge in [0.05, 0.1) is 0 Å². The molecule has 2 rings (SSSR count). The van der Waals surface area contributed by atoms with Crippen LogP contribution in [0.3, 0.4) is 0 Å². The number of benzene rings is 2. The fourth-order valence-corrected chi connectivity index (χ4v) is 1.35. The SMILES string of the molecule is CC(=O)c1ccc2cc[c]cc2c1. The van der Waals surface area contributed by atoms with Gasteiger partial charge < -0.3 is 0 Å². The molecule has 2 aromatic carbocycles. The van der Waals surface area contributed by atoms with Gasteiger partial charge in [0, 0.05) is 5.56 Å². The van der Waals surface area contributed by atoms with Gasteiger partial charge >= 0.3 is 0 Å². The Morgan fingerprint density at radius 2 is 2.08 bits per heavy atom. The fraction of sp³-hybridized carbons (Fsp3) is 0.0833. The van der Waals surface area contributed by atoms with Crippen molar-refractivity contribution in [2.24, 2.45) is 0 Å². The molecule has 1 heteroatoms. The number of hydrogen-bond donors (Lipinski definition) is 0. The van der Waals surface area contributed by atoms with Crippen molar-refractivity contribution >= 4 is 16.6 Å². The van der Waals surface area contributed by atoms with E-state index in [-0.39, 0.29) is 5.78 Å². The van der Waals surface area contributed by atoms with Crippen molar-refractivity contribution in [3.05, 3.63) is 48.0 Å². The summed E-state index contributed by atoms with van der Waals surface area (Å²) in [5.74, 6) is 0.103. The maximum absolute atomic E-state index is 11.1. The maximum atomic E-state index is 11.1. The Morgan fingerprint density at radius 3 is 2.85 bits per heavy atom. The van der Waals surface area contributed by atoms with Gasteiger partial charge in [0.2, 0.25) is 0 Å². The molecule has 0 fully saturated rings. The molecule has 0 bridgehead atoms. The molecule has 63 valence electrons. The maximum Gasteiger partial charge on any atom is 0.159 e. The van der Waals surface area contributed by atoms with Gasteiger partial charge in [-0.25, -0.2) is 0 Å². The van der Waals surface area contributed by atoms with Crippen molar-refractivity contribution < 1.29 is 4.79 Å². The molecule has 0 atom stereocenters. The average molecular weight is 169 g/mol. The molecule has 2 aromatic rings. The summed E-state index contributed by atoms with van der Waals surface area (Å²) >= 11 is 0. The van der Waals surface area contributed by atoms with Crippen molar-refractivity contribution in [3.63, 3.8) is 0 Å². The second-order valence-electron chi connectivity index (χ2n) is 3.04. The minimum atomic E-state index is 0.103. The average Bonchev–Trinajstić information content (AvgIpc) is 2.17. The van der Waals surface area contributed by atoms with Crippen LogP contribution in [0.5, 0.6) is 0 Å². The quantitative estimate of drug-likeness (QED) is 0.600. The molecule has 0 unspecified atom stereocenters. The highest BCUT2D eigenvalue weighted by Gasteiger charge is 1.99. The highest BCUT2D eigenvalue weighted by Crippen LogP contribution is 2.15. The summed E-state index contributed by atoms with van der Waals surface area (Å²) in [5.41, 5.74) is 0.757. The van der Waals surface area contributed by atoms with Gasteiger partial charge in [-0.1, -0.05) is 24.3 Å². The Morgan fingerprint density at radius 1 is 1.23 bits per heavy atom. The van der Waals surface area contributed by atoms with Gasteiger partial charge in [0.25, 0.3) is 0 Å². The van der Waals surface area contributed by atoms with Crippen molar-refractivity contribution in [2.45, 2.75) is 6.92 Å². The minimum absolute atomic E-state index is 0.103. The molecular weight excluding hydrogens is 160 g/mol. The van der Waals surface area contributed by atoms with Crippen LogP contribution in [0, 0.1) is 6.07 Å². The van der Waals surface area contributed by atoms with Crippen LogP contribution in [-0.4, -0.2) is 5.78 Å². The van der Waals surface area contributed by atoms with Crippen LogP contribution in [0.25, 0.3) is 10.8 Å². The predicted octanol–water partition coefficient (Wildman–Crippen LogP) is 2.84. The lowest BCUT2D eigenvalue weighted by molar-refractivity contribution is 0.101. The first-order valence-electron chi connectivity index (χ1n) is 4.18. The van der Waals surface area contributed by atoms with E-state index in [1.807, 2.05) is 36.4 Å². The van der Waals surface area contributed by atoms with Crippen LogP contribution in [0.2, 0.25) is 0 Å². The number of Topliss-reactive ketones (excluding diaryl/α,β-unsaturated/α-hetero) is 1. The molecule has 0 aromatic heterocycles. The van der Waals surface area contributed by atoms with E-state index in [0.717, 1.165) is 16.3 Å². The van der Waals surface area contributed by atoms with Crippen LogP contribution in [0.1, 0.15) is 17.3 Å². The van der Waals surface area contributed by atoms with E-state index in [4.69, 9.17) is 0 Å². The molecule has 1 radical (unpaired) electrons. The van der Waals surface area contributed by atoms with Gasteiger partial charge in [-0.15, -0.1) is 0 Å². The van der Waals surface area contributed by atoms with Crippen LogP contribution in [0.4, 0.5) is 0 Å². The normalized spacial score (nSPS) is 10.2. The first-order valence-corrected chi connectivity index (χ1v) is 4.18. The zero-order valence-corrected chi connectivity index (χ0v) is 7.37. The third kappa shape index (κ3) is 1.45. The zero-order chi connectivity index (χ0) is 9.26. The summed E-state index contributed by atoms with van der Waals surface area (Å²) in [6, 6.07) is 14.4. The van der Waals surface area contributed by atoms with Gasteiger partial charge in [-0.05, 0) is 35.9 Å². The molecule has 0 spiro atoms. The third-order valence-electron chi connectivity index (χ3n) is 2.09. The van der Waals surface area contributed by atoms with E-state index < -0.39 is 0 Å². The Hall–Kier alpha value is -1.63. The van der Waals surface area contributed by atoms with E-state index in [9.17, 15) is 4.79 Å². The van der Waals surface area contributed by atoms with Crippen molar-refractivity contribution in [1.82, 2.24) is 0 Å². The fourth-order valence-electron chi connectivity index (χ4n) is 1.35. The summed E-state index contributed by atoms with van der Waals surface area (Å²) in [4.78, 5) is 11.1. The molecule has 0 aliphatic carbocycles. The van der Waals surface area contributed by atoms with Gasteiger partial charge in [0.1, 0.15) is 0 Å². The number of fused-ring (bicyclic) bond motifs is 1. The van der Waals surface area contributed by atoms with E-state index in [1.54, 1.807) is 6.92 Å². The Balaban J connectivity index is 2.69. The summed E-state index contributed by atoms with van der Waals surface area (Å²) in [5, 5.41) is 2.21. The summed E-state index contributed by atoms with van der Waals surface area (Å²) in [6.07, 6.45) is 0. The van der Waals surface area contributed by atoms with Crippen molar-refractivity contribution in [2.75, 3.05) is 0 Å². The van der Waals surface area contributed by atoms with Crippen LogP contribution >= 0.6 is 0 Å². The second kappa shape index (κ2) is 3.02. The molecule has 0 aliphatic heterocycles. The smallest absolute Gasteiger partial charge is 0.159 e. The summed E-state index contributed by atoms with van der Waals surface area (Å²) < 4.78 is 0. The van der Waals surface area contributed by atoms with Gasteiger partial charge in [-0.3, -0.25) is 4.79 Å². The standard InChI is InChI=1S/C12H9O/c1-9(13)11-7-6-10-4-2-3-5-12(10)8-11/h2,4-8H,1H3.